The molecule has 2 fully saturated rings. The molecule has 0 amide bonds. The Morgan fingerprint density at radius 1 is 1.42 bits per heavy atom. The number of hydrogen-bond donors (Lipinski definition) is 3. The number of amidine groups is 1. The van der Waals surface area contributed by atoms with Gasteiger partial charge in [-0.2, -0.15) is 0 Å². The first kappa shape index (κ1) is 14.6. The molecule has 2 aliphatic carbocycles. The summed E-state index contributed by atoms with van der Waals surface area (Å²) >= 11 is 0. The van der Waals surface area contributed by atoms with Crippen LogP contribution in [0.3, 0.4) is 0 Å². The van der Waals surface area contributed by atoms with Gasteiger partial charge in [0.2, 0.25) is 0 Å². The molecule has 4 heteroatoms. The number of oxime groups is 1. The van der Waals surface area contributed by atoms with E-state index in [2.05, 4.69) is 17.4 Å². The molecule has 0 saturated heterocycles. The van der Waals surface area contributed by atoms with E-state index in [1.165, 1.54) is 25.7 Å². The highest BCUT2D eigenvalue weighted by Gasteiger charge is 2.41. The lowest BCUT2D eigenvalue weighted by molar-refractivity contribution is 0.254. The van der Waals surface area contributed by atoms with Crippen LogP contribution in [0.5, 0.6) is 0 Å². The molecule has 0 aromatic rings. The molecule has 0 radical (unpaired) electrons. The van der Waals surface area contributed by atoms with Gasteiger partial charge in [0.1, 0.15) is 5.84 Å². The van der Waals surface area contributed by atoms with Crippen LogP contribution in [0, 0.1) is 23.2 Å². The third-order valence-electron chi connectivity index (χ3n) is 5.45. The first-order valence-electron chi connectivity index (χ1n) is 7.65. The van der Waals surface area contributed by atoms with Crippen LogP contribution in [0.2, 0.25) is 0 Å². The largest absolute Gasteiger partial charge is 0.409 e. The van der Waals surface area contributed by atoms with Gasteiger partial charge in [0, 0.05) is 11.5 Å². The van der Waals surface area contributed by atoms with E-state index in [-0.39, 0.29) is 5.41 Å². The second-order valence-electron chi connectivity index (χ2n) is 7.20. The second kappa shape index (κ2) is 5.70. The molecule has 0 heterocycles. The van der Waals surface area contributed by atoms with Crippen LogP contribution in [-0.4, -0.2) is 23.6 Å². The Balaban J connectivity index is 1.74. The van der Waals surface area contributed by atoms with E-state index in [1.54, 1.807) is 0 Å². The zero-order valence-corrected chi connectivity index (χ0v) is 12.5. The minimum absolute atomic E-state index is 0.240. The third-order valence-corrected chi connectivity index (χ3v) is 5.45. The molecule has 2 rings (SSSR count). The van der Waals surface area contributed by atoms with Gasteiger partial charge in [0.05, 0.1) is 0 Å². The second-order valence-corrected chi connectivity index (χ2v) is 7.20. The predicted molar refractivity (Wildman–Crippen MR) is 78.2 cm³/mol. The van der Waals surface area contributed by atoms with Crippen molar-refractivity contribution in [1.82, 2.24) is 5.32 Å². The average Bonchev–Trinajstić information content (AvgIpc) is 2.99. The molecule has 4 unspecified atom stereocenters. The van der Waals surface area contributed by atoms with Crippen molar-refractivity contribution in [2.24, 2.45) is 34.1 Å². The van der Waals surface area contributed by atoms with Crippen molar-refractivity contribution >= 4 is 5.84 Å². The van der Waals surface area contributed by atoms with Crippen molar-refractivity contribution in [2.75, 3.05) is 6.54 Å². The minimum Gasteiger partial charge on any atom is -0.409 e. The molecular formula is C15H29N3O. The summed E-state index contributed by atoms with van der Waals surface area (Å²) in [5, 5.41) is 15.6. The third kappa shape index (κ3) is 3.22. The van der Waals surface area contributed by atoms with Gasteiger partial charge in [-0.3, -0.25) is 0 Å². The number of nitrogens with zero attached hydrogens (tertiary/aromatic N) is 1. The van der Waals surface area contributed by atoms with E-state index >= 15 is 0 Å². The maximum absolute atomic E-state index is 8.77. The fourth-order valence-corrected chi connectivity index (χ4v) is 3.93. The van der Waals surface area contributed by atoms with Crippen LogP contribution in [-0.2, 0) is 0 Å². The molecule has 4 N–H and O–H groups in total. The van der Waals surface area contributed by atoms with Gasteiger partial charge in [-0.15, -0.1) is 0 Å². The Kier molecular flexibility index (Phi) is 4.39. The van der Waals surface area contributed by atoms with Crippen LogP contribution < -0.4 is 11.1 Å². The van der Waals surface area contributed by atoms with Crippen molar-refractivity contribution in [2.45, 2.75) is 58.9 Å². The van der Waals surface area contributed by atoms with Gasteiger partial charge >= 0.3 is 0 Å². The monoisotopic (exact) mass is 267 g/mol. The van der Waals surface area contributed by atoms with Crippen LogP contribution in [0.1, 0.15) is 52.9 Å². The minimum atomic E-state index is -0.240. The molecule has 19 heavy (non-hydrogen) atoms. The van der Waals surface area contributed by atoms with Crippen molar-refractivity contribution in [1.29, 1.82) is 0 Å². The topological polar surface area (TPSA) is 70.6 Å². The molecule has 0 spiro atoms. The lowest BCUT2D eigenvalue weighted by Gasteiger charge is -2.30. The predicted octanol–water partition coefficient (Wildman–Crippen LogP) is 2.56. The molecule has 110 valence electrons. The lowest BCUT2D eigenvalue weighted by atomic mass is 9.83. The zero-order valence-electron chi connectivity index (χ0n) is 12.5. The van der Waals surface area contributed by atoms with Gasteiger partial charge in [-0.05, 0) is 56.9 Å². The van der Waals surface area contributed by atoms with Crippen molar-refractivity contribution in [3.63, 3.8) is 0 Å². The molecule has 0 aromatic carbocycles. The van der Waals surface area contributed by atoms with Crippen molar-refractivity contribution in [3.05, 3.63) is 0 Å². The summed E-state index contributed by atoms with van der Waals surface area (Å²) in [5.41, 5.74) is 5.47. The van der Waals surface area contributed by atoms with Gasteiger partial charge in [-0.25, -0.2) is 0 Å². The average molecular weight is 267 g/mol. The molecule has 2 saturated carbocycles. The highest BCUT2D eigenvalue weighted by Crippen LogP contribution is 2.49. The van der Waals surface area contributed by atoms with Gasteiger partial charge in [-0.1, -0.05) is 25.4 Å². The highest BCUT2D eigenvalue weighted by molar-refractivity contribution is 5.85. The molecular weight excluding hydrogens is 238 g/mol. The van der Waals surface area contributed by atoms with E-state index in [9.17, 15) is 0 Å². The van der Waals surface area contributed by atoms with E-state index in [4.69, 9.17) is 10.9 Å². The maximum atomic E-state index is 8.77. The Morgan fingerprint density at radius 2 is 2.16 bits per heavy atom. The van der Waals surface area contributed by atoms with E-state index in [1.807, 2.05) is 13.8 Å². The number of nitrogens with two attached hydrogens (primary N) is 1. The molecule has 0 aromatic heterocycles. The standard InChI is InChI=1S/C15H29N3O/c1-10(13-9-11-4-5-12(13)8-11)17-7-6-15(2,3)14(16)18-19/h10-13,17,19H,4-9H2,1-3H3,(H2,16,18). The van der Waals surface area contributed by atoms with Crippen LogP contribution in [0.25, 0.3) is 0 Å². The first-order valence-corrected chi connectivity index (χ1v) is 7.65. The summed E-state index contributed by atoms with van der Waals surface area (Å²) in [6.07, 6.45) is 6.68. The summed E-state index contributed by atoms with van der Waals surface area (Å²) in [6.45, 7) is 7.29. The van der Waals surface area contributed by atoms with Gasteiger partial charge in [0.15, 0.2) is 0 Å². The normalized spacial score (nSPS) is 32.8. The SMILES string of the molecule is CC(NCCC(C)(C)C(N)=NO)C1CC2CCC1C2. The number of rotatable bonds is 6. The summed E-state index contributed by atoms with van der Waals surface area (Å²) in [4.78, 5) is 0. The van der Waals surface area contributed by atoms with Crippen molar-refractivity contribution < 1.29 is 5.21 Å². The lowest BCUT2D eigenvalue weighted by Crippen LogP contribution is -2.40. The number of fused-ring (bicyclic) bond motifs is 2. The summed E-state index contributed by atoms with van der Waals surface area (Å²) in [5.74, 6) is 3.16. The fraction of sp³-hybridized carbons (Fsp3) is 0.933. The number of nitrogens with one attached hydrogen (secondary N) is 1. The molecule has 2 aliphatic rings. The van der Waals surface area contributed by atoms with Gasteiger partial charge < -0.3 is 16.3 Å². The Labute approximate surface area is 116 Å². The summed E-state index contributed by atoms with van der Waals surface area (Å²) in [7, 11) is 0. The highest BCUT2D eigenvalue weighted by atomic mass is 16.4. The van der Waals surface area contributed by atoms with Crippen LogP contribution >= 0.6 is 0 Å². The van der Waals surface area contributed by atoms with Crippen molar-refractivity contribution in [3.8, 4) is 0 Å². The smallest absolute Gasteiger partial charge is 0.144 e. The number of hydrogen-bond acceptors (Lipinski definition) is 3. The molecule has 0 aliphatic heterocycles. The first-order chi connectivity index (χ1) is 8.94. The van der Waals surface area contributed by atoms with E-state index < -0.39 is 0 Å². The molecule has 4 nitrogen and oxygen atoms in total. The van der Waals surface area contributed by atoms with E-state index in [0.717, 1.165) is 30.7 Å². The molecule has 4 atom stereocenters. The Hall–Kier alpha value is -0.770. The maximum Gasteiger partial charge on any atom is 0.144 e. The molecule has 2 bridgehead atoms. The fourth-order valence-electron chi connectivity index (χ4n) is 3.93. The summed E-state index contributed by atoms with van der Waals surface area (Å²) < 4.78 is 0. The Morgan fingerprint density at radius 3 is 2.68 bits per heavy atom. The Bertz CT molecular complexity index is 340. The van der Waals surface area contributed by atoms with E-state index in [0.29, 0.717) is 11.9 Å². The van der Waals surface area contributed by atoms with Gasteiger partial charge in [0.25, 0.3) is 0 Å². The zero-order chi connectivity index (χ0) is 14.0. The van der Waals surface area contributed by atoms with Crippen LogP contribution in [0.15, 0.2) is 5.16 Å². The van der Waals surface area contributed by atoms with Crippen LogP contribution in [0.4, 0.5) is 0 Å². The quantitative estimate of drug-likeness (QED) is 0.300. The summed E-state index contributed by atoms with van der Waals surface area (Å²) in [6, 6.07) is 0.596.